The summed E-state index contributed by atoms with van der Waals surface area (Å²) in [5.41, 5.74) is 5.80. The maximum Gasteiger partial charge on any atom is 0.229 e. The van der Waals surface area contributed by atoms with Gasteiger partial charge in [-0.3, -0.25) is 0 Å². The molecule has 0 spiro atoms. The van der Waals surface area contributed by atoms with Crippen LogP contribution in [0, 0.1) is 24.2 Å². The van der Waals surface area contributed by atoms with E-state index in [0.717, 1.165) is 53.2 Å². The van der Waals surface area contributed by atoms with Crippen molar-refractivity contribution in [2.24, 2.45) is 5.92 Å². The third-order valence-electron chi connectivity index (χ3n) is 6.37. The summed E-state index contributed by atoms with van der Waals surface area (Å²) in [6, 6.07) is 24.3. The predicted molar refractivity (Wildman–Crippen MR) is 138 cm³/mol. The van der Waals surface area contributed by atoms with Crippen molar-refractivity contribution in [1.29, 1.82) is 5.26 Å². The Kier molecular flexibility index (Phi) is 6.37. The second-order valence-electron chi connectivity index (χ2n) is 8.88. The zero-order valence-corrected chi connectivity index (χ0v) is 19.3. The van der Waals surface area contributed by atoms with Crippen LogP contribution >= 0.6 is 0 Å². The van der Waals surface area contributed by atoms with Crippen LogP contribution in [0.3, 0.4) is 0 Å². The molecule has 4 aromatic rings. The lowest BCUT2D eigenvalue weighted by atomic mass is 9.98. The highest BCUT2D eigenvalue weighted by Gasteiger charge is 2.15. The van der Waals surface area contributed by atoms with Crippen LogP contribution in [0.2, 0.25) is 0 Å². The Morgan fingerprint density at radius 3 is 2.41 bits per heavy atom. The molecule has 6 nitrogen and oxygen atoms in total. The first-order chi connectivity index (χ1) is 16.7. The van der Waals surface area contributed by atoms with Gasteiger partial charge in [0.25, 0.3) is 0 Å². The minimum absolute atomic E-state index is 0.571. The van der Waals surface area contributed by atoms with E-state index >= 15 is 0 Å². The summed E-state index contributed by atoms with van der Waals surface area (Å²) in [7, 11) is 0. The monoisotopic (exact) mass is 448 g/mol. The molecule has 0 radical (unpaired) electrons. The van der Waals surface area contributed by atoms with Gasteiger partial charge in [-0.1, -0.05) is 35.9 Å². The van der Waals surface area contributed by atoms with E-state index in [1.54, 1.807) is 0 Å². The van der Waals surface area contributed by atoms with Gasteiger partial charge in [0.2, 0.25) is 5.95 Å². The van der Waals surface area contributed by atoms with Crippen LogP contribution in [-0.2, 0) is 0 Å². The first-order valence-electron chi connectivity index (χ1n) is 11.8. The van der Waals surface area contributed by atoms with Crippen LogP contribution in [0.1, 0.15) is 24.0 Å². The minimum Gasteiger partial charge on any atom is -0.369 e. The van der Waals surface area contributed by atoms with Crippen LogP contribution in [-0.4, -0.2) is 29.6 Å². The Bertz CT molecular complexity index is 1320. The smallest absolute Gasteiger partial charge is 0.229 e. The van der Waals surface area contributed by atoms with E-state index in [4.69, 9.17) is 15.2 Å². The van der Waals surface area contributed by atoms with E-state index in [2.05, 4.69) is 59.3 Å². The Labute approximate surface area is 200 Å². The summed E-state index contributed by atoms with van der Waals surface area (Å²) in [6.45, 7) is 5.12. The molecule has 0 saturated carbocycles. The summed E-state index contributed by atoms with van der Waals surface area (Å²) in [6.07, 6.45) is 2.35. The lowest BCUT2D eigenvalue weighted by Gasteiger charge is -2.23. The van der Waals surface area contributed by atoms with Crippen molar-refractivity contribution >= 4 is 28.4 Å². The minimum atomic E-state index is 0.571. The molecular formula is C28H28N6. The van der Waals surface area contributed by atoms with Crippen molar-refractivity contribution in [2.45, 2.75) is 19.8 Å². The van der Waals surface area contributed by atoms with Gasteiger partial charge in [-0.25, -0.2) is 4.98 Å². The lowest BCUT2D eigenvalue weighted by molar-refractivity contribution is 0.389. The third-order valence-corrected chi connectivity index (χ3v) is 6.37. The van der Waals surface area contributed by atoms with Crippen molar-refractivity contribution in [1.82, 2.24) is 15.3 Å². The standard InChI is InChI=1S/C28H28N6/c1-19-2-9-24(10-3-19)32-28-33-26-16-23(22-6-4-20(17-29)5-7-22)8-11-25(26)27(34-28)31-18-21-12-14-30-15-13-21/h2-11,16,21,30H,12-15,18H2,1H3,(H2,31,32,33,34). The number of aryl methyl sites for hydroxylation is 1. The van der Waals surface area contributed by atoms with Gasteiger partial charge in [0.15, 0.2) is 0 Å². The summed E-state index contributed by atoms with van der Waals surface area (Å²) in [4.78, 5) is 9.69. The fraction of sp³-hybridized carbons (Fsp3) is 0.250. The zero-order chi connectivity index (χ0) is 23.3. The lowest BCUT2D eigenvalue weighted by Crippen LogP contribution is -2.31. The molecule has 0 aliphatic carbocycles. The SMILES string of the molecule is Cc1ccc(Nc2nc(NCC3CCNCC3)c3ccc(-c4ccc(C#N)cc4)cc3n2)cc1. The normalized spacial score (nSPS) is 14.0. The Balaban J connectivity index is 1.50. The molecule has 34 heavy (non-hydrogen) atoms. The van der Waals surface area contributed by atoms with Crippen molar-refractivity contribution in [3.8, 4) is 17.2 Å². The molecule has 5 rings (SSSR count). The van der Waals surface area contributed by atoms with Gasteiger partial charge in [0.05, 0.1) is 17.1 Å². The van der Waals surface area contributed by atoms with E-state index in [-0.39, 0.29) is 0 Å². The molecule has 1 aliphatic rings. The molecule has 170 valence electrons. The molecule has 0 atom stereocenters. The van der Waals surface area contributed by atoms with Crippen molar-refractivity contribution in [2.75, 3.05) is 30.3 Å². The van der Waals surface area contributed by atoms with Gasteiger partial charge in [0, 0.05) is 17.6 Å². The number of nitrogens with zero attached hydrogens (tertiary/aromatic N) is 3. The second kappa shape index (κ2) is 9.90. The maximum atomic E-state index is 9.10. The molecule has 3 aromatic carbocycles. The highest BCUT2D eigenvalue weighted by molar-refractivity contribution is 5.93. The highest BCUT2D eigenvalue weighted by Crippen LogP contribution is 2.29. The molecule has 0 unspecified atom stereocenters. The molecule has 6 heteroatoms. The molecule has 1 aromatic heterocycles. The van der Waals surface area contributed by atoms with Crippen LogP contribution < -0.4 is 16.0 Å². The fourth-order valence-corrected chi connectivity index (χ4v) is 4.33. The number of piperidine rings is 1. The highest BCUT2D eigenvalue weighted by atomic mass is 15.1. The van der Waals surface area contributed by atoms with E-state index in [1.165, 1.54) is 18.4 Å². The number of nitriles is 1. The topological polar surface area (TPSA) is 85.7 Å². The van der Waals surface area contributed by atoms with Gasteiger partial charge < -0.3 is 16.0 Å². The van der Waals surface area contributed by atoms with Crippen LogP contribution in [0.25, 0.3) is 22.0 Å². The number of hydrogen-bond donors (Lipinski definition) is 3. The van der Waals surface area contributed by atoms with Gasteiger partial charge in [0.1, 0.15) is 5.82 Å². The quantitative estimate of drug-likeness (QED) is 0.354. The molecule has 0 bridgehead atoms. The maximum absolute atomic E-state index is 9.10. The molecule has 0 amide bonds. The Morgan fingerprint density at radius 2 is 1.68 bits per heavy atom. The van der Waals surface area contributed by atoms with E-state index < -0.39 is 0 Å². The van der Waals surface area contributed by atoms with Crippen LogP contribution in [0.5, 0.6) is 0 Å². The first-order valence-corrected chi connectivity index (χ1v) is 11.8. The average Bonchev–Trinajstić information content (AvgIpc) is 2.89. The number of nitrogens with one attached hydrogen (secondary N) is 3. The number of hydrogen-bond acceptors (Lipinski definition) is 6. The summed E-state index contributed by atoms with van der Waals surface area (Å²) in [5, 5.41) is 20.5. The number of rotatable bonds is 6. The third kappa shape index (κ3) is 5.00. The Hall–Kier alpha value is -3.95. The molecule has 1 saturated heterocycles. The van der Waals surface area contributed by atoms with Crippen molar-refractivity contribution in [3.05, 3.63) is 77.9 Å². The van der Waals surface area contributed by atoms with Gasteiger partial charge in [-0.05, 0) is 86.3 Å². The van der Waals surface area contributed by atoms with Gasteiger partial charge in [-0.2, -0.15) is 10.2 Å². The van der Waals surface area contributed by atoms with Gasteiger partial charge >= 0.3 is 0 Å². The van der Waals surface area contributed by atoms with Crippen molar-refractivity contribution in [3.63, 3.8) is 0 Å². The molecule has 3 N–H and O–H groups in total. The summed E-state index contributed by atoms with van der Waals surface area (Å²) < 4.78 is 0. The Morgan fingerprint density at radius 1 is 0.941 bits per heavy atom. The fourth-order valence-electron chi connectivity index (χ4n) is 4.33. The van der Waals surface area contributed by atoms with E-state index in [9.17, 15) is 0 Å². The second-order valence-corrected chi connectivity index (χ2v) is 8.88. The van der Waals surface area contributed by atoms with E-state index in [0.29, 0.717) is 17.4 Å². The molecular weight excluding hydrogens is 420 g/mol. The van der Waals surface area contributed by atoms with Gasteiger partial charge in [-0.15, -0.1) is 0 Å². The van der Waals surface area contributed by atoms with E-state index in [1.807, 2.05) is 36.4 Å². The molecule has 2 heterocycles. The number of benzene rings is 3. The summed E-state index contributed by atoms with van der Waals surface area (Å²) in [5.74, 6) is 2.06. The number of anilines is 3. The number of fused-ring (bicyclic) bond motifs is 1. The first kappa shape index (κ1) is 21.9. The predicted octanol–water partition coefficient (Wildman–Crippen LogP) is 5.63. The largest absolute Gasteiger partial charge is 0.369 e. The van der Waals surface area contributed by atoms with Crippen LogP contribution in [0.4, 0.5) is 17.5 Å². The molecule has 1 aliphatic heterocycles. The average molecular weight is 449 g/mol. The number of aromatic nitrogens is 2. The molecule has 1 fully saturated rings. The zero-order valence-electron chi connectivity index (χ0n) is 19.3. The van der Waals surface area contributed by atoms with Crippen molar-refractivity contribution < 1.29 is 0 Å². The summed E-state index contributed by atoms with van der Waals surface area (Å²) >= 11 is 0. The van der Waals surface area contributed by atoms with Crippen LogP contribution in [0.15, 0.2) is 66.7 Å².